The number of nitrogens with zero attached hydrogens (tertiary/aromatic N) is 1. The quantitative estimate of drug-likeness (QED) is 0.848. The van der Waals surface area contributed by atoms with Gasteiger partial charge in [0.2, 0.25) is 5.91 Å². The van der Waals surface area contributed by atoms with Gasteiger partial charge in [0, 0.05) is 28.8 Å². The van der Waals surface area contributed by atoms with Crippen molar-refractivity contribution < 1.29 is 14.7 Å². The predicted octanol–water partition coefficient (Wildman–Crippen LogP) is 2.70. The van der Waals surface area contributed by atoms with Crippen LogP contribution in [0.5, 0.6) is 0 Å². The molecule has 2 aromatic rings. The van der Waals surface area contributed by atoms with E-state index in [2.05, 4.69) is 10.3 Å². The smallest absolute Gasteiger partial charge is 0.328 e. The van der Waals surface area contributed by atoms with Gasteiger partial charge in [-0.3, -0.25) is 4.79 Å². The molecule has 0 fully saturated rings. The lowest BCUT2D eigenvalue weighted by Crippen LogP contribution is -2.08. The number of hydrogen-bond donors (Lipinski definition) is 2. The molecule has 6 heteroatoms. The van der Waals surface area contributed by atoms with Gasteiger partial charge in [-0.2, -0.15) is 0 Å². The van der Waals surface area contributed by atoms with Crippen LogP contribution in [0.25, 0.3) is 11.3 Å². The molecule has 0 unspecified atom stereocenters. The number of aryl methyl sites for hydroxylation is 1. The van der Waals surface area contributed by atoms with Crippen LogP contribution in [0.3, 0.4) is 0 Å². The van der Waals surface area contributed by atoms with Crippen molar-refractivity contribution in [3.05, 3.63) is 46.8 Å². The fourth-order valence-corrected chi connectivity index (χ4v) is 2.21. The standard InChI is InChI=1S/C14H12N2O3S/c1-9-15-12(8-20-9)10-3-2-4-11(7-10)16-13(17)5-6-14(18)19/h2-8H,1H3,(H,16,17)(H,18,19). The number of carboxylic acids is 1. The van der Waals surface area contributed by atoms with E-state index < -0.39 is 11.9 Å². The molecule has 1 aromatic carbocycles. The maximum atomic E-state index is 11.5. The molecule has 1 heterocycles. The molecule has 1 amide bonds. The molecule has 0 aliphatic heterocycles. The average Bonchev–Trinajstić information content (AvgIpc) is 2.83. The highest BCUT2D eigenvalue weighted by Crippen LogP contribution is 2.24. The lowest BCUT2D eigenvalue weighted by molar-refractivity contribution is -0.131. The second-order valence-corrected chi connectivity index (χ2v) is 5.06. The van der Waals surface area contributed by atoms with Crippen molar-refractivity contribution in [2.45, 2.75) is 6.92 Å². The number of aliphatic carboxylic acids is 1. The number of carbonyl (C=O) groups is 2. The Bertz CT molecular complexity index is 677. The fraction of sp³-hybridized carbons (Fsp3) is 0.0714. The van der Waals surface area contributed by atoms with Gasteiger partial charge in [-0.05, 0) is 19.1 Å². The molecule has 0 saturated carbocycles. The van der Waals surface area contributed by atoms with Crippen LogP contribution in [-0.4, -0.2) is 22.0 Å². The molecular formula is C14H12N2O3S. The largest absolute Gasteiger partial charge is 0.478 e. The lowest BCUT2D eigenvalue weighted by atomic mass is 10.1. The summed E-state index contributed by atoms with van der Waals surface area (Å²) < 4.78 is 0. The van der Waals surface area contributed by atoms with Gasteiger partial charge >= 0.3 is 5.97 Å². The van der Waals surface area contributed by atoms with Crippen LogP contribution >= 0.6 is 11.3 Å². The summed E-state index contributed by atoms with van der Waals surface area (Å²) in [5, 5.41) is 14.0. The number of anilines is 1. The molecule has 0 radical (unpaired) electrons. The van der Waals surface area contributed by atoms with Crippen molar-refractivity contribution in [1.29, 1.82) is 0 Å². The van der Waals surface area contributed by atoms with Crippen molar-refractivity contribution >= 4 is 28.9 Å². The predicted molar refractivity (Wildman–Crippen MR) is 77.7 cm³/mol. The maximum Gasteiger partial charge on any atom is 0.328 e. The SMILES string of the molecule is Cc1nc(-c2cccc(NC(=O)C=CC(=O)O)c2)cs1. The Labute approximate surface area is 119 Å². The zero-order valence-corrected chi connectivity index (χ0v) is 11.5. The summed E-state index contributed by atoms with van der Waals surface area (Å²) in [5.41, 5.74) is 2.34. The van der Waals surface area contributed by atoms with Gasteiger partial charge in [-0.1, -0.05) is 12.1 Å². The Kier molecular flexibility index (Phi) is 4.27. The molecule has 20 heavy (non-hydrogen) atoms. The van der Waals surface area contributed by atoms with Crippen LogP contribution < -0.4 is 5.32 Å². The van der Waals surface area contributed by atoms with E-state index in [1.807, 2.05) is 18.4 Å². The van der Waals surface area contributed by atoms with Crippen molar-refractivity contribution in [2.75, 3.05) is 5.32 Å². The highest BCUT2D eigenvalue weighted by Gasteiger charge is 2.04. The van der Waals surface area contributed by atoms with Crippen LogP contribution in [0.4, 0.5) is 5.69 Å². The molecule has 0 bridgehead atoms. The van der Waals surface area contributed by atoms with Gasteiger partial charge in [0.1, 0.15) is 0 Å². The first-order valence-electron chi connectivity index (χ1n) is 5.79. The van der Waals surface area contributed by atoms with E-state index in [0.717, 1.165) is 28.4 Å². The molecular weight excluding hydrogens is 276 g/mol. The summed E-state index contributed by atoms with van der Waals surface area (Å²) in [6.07, 6.45) is 1.77. The van der Waals surface area contributed by atoms with Gasteiger partial charge in [-0.15, -0.1) is 11.3 Å². The Morgan fingerprint density at radius 1 is 1.35 bits per heavy atom. The first-order valence-corrected chi connectivity index (χ1v) is 6.67. The average molecular weight is 288 g/mol. The second-order valence-electron chi connectivity index (χ2n) is 3.99. The highest BCUT2D eigenvalue weighted by atomic mass is 32.1. The van der Waals surface area contributed by atoms with Gasteiger partial charge in [0.25, 0.3) is 0 Å². The van der Waals surface area contributed by atoms with E-state index in [1.165, 1.54) is 0 Å². The monoisotopic (exact) mass is 288 g/mol. The number of carboxylic acid groups (broad SMARTS) is 1. The molecule has 0 atom stereocenters. The van der Waals surface area contributed by atoms with Crippen LogP contribution in [0.2, 0.25) is 0 Å². The summed E-state index contributed by atoms with van der Waals surface area (Å²) in [6, 6.07) is 7.23. The van der Waals surface area contributed by atoms with Gasteiger partial charge < -0.3 is 10.4 Å². The number of carbonyl (C=O) groups excluding carboxylic acids is 1. The first kappa shape index (κ1) is 14.0. The number of nitrogens with one attached hydrogen (secondary N) is 1. The fourth-order valence-electron chi connectivity index (χ4n) is 1.58. The third-order valence-electron chi connectivity index (χ3n) is 2.42. The van der Waals surface area contributed by atoms with Crippen LogP contribution in [0.1, 0.15) is 5.01 Å². The van der Waals surface area contributed by atoms with E-state index in [-0.39, 0.29) is 0 Å². The second kappa shape index (κ2) is 6.12. The molecule has 2 N–H and O–H groups in total. The lowest BCUT2D eigenvalue weighted by Gasteiger charge is -2.04. The number of thiazole rings is 1. The summed E-state index contributed by atoms with van der Waals surface area (Å²) >= 11 is 1.56. The molecule has 0 spiro atoms. The third kappa shape index (κ3) is 3.76. The van der Waals surface area contributed by atoms with Crippen LogP contribution in [0.15, 0.2) is 41.8 Å². The molecule has 1 aromatic heterocycles. The molecule has 5 nitrogen and oxygen atoms in total. The van der Waals surface area contributed by atoms with E-state index in [9.17, 15) is 9.59 Å². The van der Waals surface area contributed by atoms with Crippen molar-refractivity contribution in [1.82, 2.24) is 4.98 Å². The Morgan fingerprint density at radius 2 is 2.15 bits per heavy atom. The van der Waals surface area contributed by atoms with Gasteiger partial charge in [0.05, 0.1) is 10.7 Å². The molecule has 2 rings (SSSR count). The summed E-state index contributed by atoms with van der Waals surface area (Å²) in [6.45, 7) is 1.93. The number of hydrogen-bond acceptors (Lipinski definition) is 4. The molecule has 0 aliphatic carbocycles. The van der Waals surface area contributed by atoms with E-state index in [4.69, 9.17) is 5.11 Å². The summed E-state index contributed by atoms with van der Waals surface area (Å²) in [7, 11) is 0. The van der Waals surface area contributed by atoms with Gasteiger partial charge in [-0.25, -0.2) is 9.78 Å². The third-order valence-corrected chi connectivity index (χ3v) is 3.20. The van der Waals surface area contributed by atoms with Crippen LogP contribution in [-0.2, 0) is 9.59 Å². The maximum absolute atomic E-state index is 11.5. The zero-order valence-electron chi connectivity index (χ0n) is 10.7. The number of benzene rings is 1. The summed E-state index contributed by atoms with van der Waals surface area (Å²) in [5.74, 6) is -1.65. The number of aromatic nitrogens is 1. The van der Waals surface area contributed by atoms with E-state index in [1.54, 1.807) is 29.5 Å². The summed E-state index contributed by atoms with van der Waals surface area (Å²) in [4.78, 5) is 26.2. The Balaban J connectivity index is 2.14. The molecule has 0 saturated heterocycles. The Hall–Kier alpha value is -2.47. The highest BCUT2D eigenvalue weighted by molar-refractivity contribution is 7.09. The minimum absolute atomic E-state index is 0.487. The molecule has 102 valence electrons. The van der Waals surface area contributed by atoms with E-state index >= 15 is 0 Å². The number of amides is 1. The van der Waals surface area contributed by atoms with Crippen LogP contribution in [0, 0.1) is 6.92 Å². The minimum Gasteiger partial charge on any atom is -0.478 e. The van der Waals surface area contributed by atoms with Crippen molar-refractivity contribution in [2.24, 2.45) is 0 Å². The minimum atomic E-state index is -1.16. The zero-order chi connectivity index (χ0) is 14.5. The van der Waals surface area contributed by atoms with Gasteiger partial charge in [0.15, 0.2) is 0 Å². The molecule has 0 aliphatic rings. The first-order chi connectivity index (χ1) is 9.54. The number of rotatable bonds is 4. The topological polar surface area (TPSA) is 79.3 Å². The van der Waals surface area contributed by atoms with Crippen molar-refractivity contribution in [3.8, 4) is 11.3 Å². The van der Waals surface area contributed by atoms with E-state index in [0.29, 0.717) is 5.69 Å². The normalized spacial score (nSPS) is 10.7. The Morgan fingerprint density at radius 3 is 2.80 bits per heavy atom. The van der Waals surface area contributed by atoms with Crippen molar-refractivity contribution in [3.63, 3.8) is 0 Å².